The van der Waals surface area contributed by atoms with Crippen molar-refractivity contribution in [3.05, 3.63) is 70.1 Å². The van der Waals surface area contributed by atoms with Crippen molar-refractivity contribution in [2.24, 2.45) is 0 Å². The molecule has 2 unspecified atom stereocenters. The second-order valence-electron chi connectivity index (χ2n) is 8.50. The van der Waals surface area contributed by atoms with Gasteiger partial charge < -0.3 is 29.2 Å². The van der Waals surface area contributed by atoms with Crippen molar-refractivity contribution in [3.63, 3.8) is 0 Å². The lowest BCUT2D eigenvalue weighted by Gasteiger charge is -2.35. The van der Waals surface area contributed by atoms with Crippen LogP contribution in [0.15, 0.2) is 52.2 Å². The lowest BCUT2D eigenvalue weighted by Crippen LogP contribution is -2.29. The number of nitrogens with zero attached hydrogens (tertiary/aromatic N) is 1. The number of rotatable bonds is 5. The second kappa shape index (κ2) is 8.44. The number of nitrogens with one attached hydrogen (secondary N) is 1. The number of allylic oxidation sites excluding steroid dienone is 2. The van der Waals surface area contributed by atoms with Gasteiger partial charge in [-0.25, -0.2) is 0 Å². The van der Waals surface area contributed by atoms with Crippen molar-refractivity contribution in [3.8, 4) is 23.0 Å². The molecule has 0 amide bonds. The van der Waals surface area contributed by atoms with Crippen molar-refractivity contribution in [2.75, 3.05) is 26.6 Å². The number of anilines is 1. The highest BCUT2D eigenvalue weighted by molar-refractivity contribution is 6.02. The summed E-state index contributed by atoms with van der Waals surface area (Å²) in [5, 5.41) is 17.2. The Kier molecular flexibility index (Phi) is 5.43. The van der Waals surface area contributed by atoms with Crippen molar-refractivity contribution >= 4 is 11.7 Å². The highest BCUT2D eigenvalue weighted by atomic mass is 16.5. The molecule has 34 heavy (non-hydrogen) atoms. The molecule has 1 aromatic heterocycles. The van der Waals surface area contributed by atoms with E-state index in [4.69, 9.17) is 18.7 Å². The molecule has 2 aliphatic rings. The Morgan fingerprint density at radius 3 is 2.41 bits per heavy atom. The van der Waals surface area contributed by atoms with Crippen LogP contribution in [0.3, 0.4) is 0 Å². The van der Waals surface area contributed by atoms with Crippen molar-refractivity contribution in [1.29, 1.82) is 0 Å². The van der Waals surface area contributed by atoms with E-state index in [1.165, 1.54) is 0 Å². The molecule has 1 aliphatic carbocycles. The van der Waals surface area contributed by atoms with E-state index in [0.717, 1.165) is 22.4 Å². The molecular formula is C26H26N2O6. The number of methoxy groups -OCH3 is 3. The normalized spacial score (nSPS) is 19.2. The number of fused-ring (bicyclic) bond motifs is 1. The number of aromatic nitrogens is 1. The number of carbonyl (C=O) groups is 1. The Morgan fingerprint density at radius 2 is 1.74 bits per heavy atom. The zero-order valence-electron chi connectivity index (χ0n) is 19.5. The summed E-state index contributed by atoms with van der Waals surface area (Å²) in [7, 11) is 4.70. The summed E-state index contributed by atoms with van der Waals surface area (Å²) in [5.41, 5.74) is 4.77. The topological polar surface area (TPSA) is 103 Å². The first-order chi connectivity index (χ1) is 16.5. The summed E-state index contributed by atoms with van der Waals surface area (Å²) >= 11 is 0. The molecule has 2 aromatic carbocycles. The van der Waals surface area contributed by atoms with Crippen LogP contribution in [0.2, 0.25) is 0 Å². The Balaban J connectivity index is 1.67. The number of Topliss-reactive ketones (excluding diaryl/α,β-unsaturated/α-hetero) is 1. The van der Waals surface area contributed by atoms with Gasteiger partial charge in [-0.05, 0) is 43.0 Å². The first-order valence-electron chi connectivity index (χ1n) is 11.0. The van der Waals surface area contributed by atoms with Gasteiger partial charge in [-0.1, -0.05) is 23.4 Å². The Bertz CT molecular complexity index is 1290. The summed E-state index contributed by atoms with van der Waals surface area (Å²) < 4.78 is 22.5. The molecule has 176 valence electrons. The van der Waals surface area contributed by atoms with Gasteiger partial charge in [0, 0.05) is 23.3 Å². The number of phenolic OH excluding ortho intramolecular Hbond substituents is 1. The number of benzene rings is 2. The van der Waals surface area contributed by atoms with Crippen molar-refractivity contribution in [1.82, 2.24) is 5.16 Å². The van der Waals surface area contributed by atoms with Crippen LogP contribution in [0.1, 0.15) is 47.1 Å². The molecule has 2 atom stereocenters. The molecule has 0 bridgehead atoms. The zero-order chi connectivity index (χ0) is 24.0. The standard InChI is InChI=1S/C26H26N2O6/c1-13-21-22(17-9-10-20(31-2)25(33-4)24(17)32-3)23-18(27-26(21)34-28-13)11-15(12-19(23)30)14-5-7-16(29)8-6-14/h5-10,15,22,27,29H,11-12H2,1-4H3. The highest BCUT2D eigenvalue weighted by Gasteiger charge is 2.42. The Hall–Kier alpha value is -3.94. The van der Waals surface area contributed by atoms with Crippen molar-refractivity contribution < 1.29 is 28.6 Å². The van der Waals surface area contributed by atoms with Gasteiger partial charge in [0.15, 0.2) is 17.3 Å². The van der Waals surface area contributed by atoms with E-state index in [-0.39, 0.29) is 17.5 Å². The van der Waals surface area contributed by atoms with Gasteiger partial charge in [0.2, 0.25) is 11.6 Å². The van der Waals surface area contributed by atoms with Gasteiger partial charge in [0.1, 0.15) is 5.75 Å². The molecule has 0 radical (unpaired) electrons. The number of hydrogen-bond donors (Lipinski definition) is 2. The fourth-order valence-electron chi connectivity index (χ4n) is 5.12. The predicted octanol–water partition coefficient (Wildman–Crippen LogP) is 4.67. The molecule has 5 rings (SSSR count). The molecular weight excluding hydrogens is 436 g/mol. The fourth-order valence-corrected chi connectivity index (χ4v) is 5.12. The number of phenols is 1. The quantitative estimate of drug-likeness (QED) is 0.564. The van der Waals surface area contributed by atoms with Gasteiger partial charge in [-0.3, -0.25) is 4.79 Å². The summed E-state index contributed by atoms with van der Waals surface area (Å²) in [6.45, 7) is 1.86. The molecule has 3 aromatic rings. The Morgan fingerprint density at radius 1 is 1.00 bits per heavy atom. The third-order valence-electron chi connectivity index (χ3n) is 6.67. The number of ether oxygens (including phenoxy) is 3. The lowest BCUT2D eigenvalue weighted by atomic mass is 9.72. The van der Waals surface area contributed by atoms with Gasteiger partial charge in [-0.2, -0.15) is 0 Å². The van der Waals surface area contributed by atoms with Gasteiger partial charge >= 0.3 is 0 Å². The molecule has 0 saturated carbocycles. The maximum absolute atomic E-state index is 13.7. The Labute approximate surface area is 197 Å². The second-order valence-corrected chi connectivity index (χ2v) is 8.50. The SMILES string of the molecule is COc1ccc(C2C3=C(CC(c4ccc(O)cc4)CC3=O)Nc3onc(C)c32)c(OC)c1OC. The maximum Gasteiger partial charge on any atom is 0.233 e. The molecule has 1 aliphatic heterocycles. The summed E-state index contributed by atoms with van der Waals surface area (Å²) in [6, 6.07) is 10.7. The van der Waals surface area contributed by atoms with Crippen LogP contribution in [0.25, 0.3) is 0 Å². The van der Waals surface area contributed by atoms with E-state index in [1.807, 2.05) is 31.2 Å². The molecule has 2 N–H and O–H groups in total. The van der Waals surface area contributed by atoms with Gasteiger partial charge in [0.05, 0.1) is 38.5 Å². The summed E-state index contributed by atoms with van der Waals surface area (Å²) in [6.07, 6.45) is 0.980. The minimum absolute atomic E-state index is 0.0159. The van der Waals surface area contributed by atoms with E-state index in [0.29, 0.717) is 47.2 Å². The number of aromatic hydroxyl groups is 1. The zero-order valence-corrected chi connectivity index (χ0v) is 19.5. The van der Waals surface area contributed by atoms with Gasteiger partial charge in [-0.15, -0.1) is 0 Å². The number of carbonyl (C=O) groups excluding carboxylic acids is 1. The molecule has 0 fully saturated rings. The fraction of sp³-hybridized carbons (Fsp3) is 0.308. The minimum Gasteiger partial charge on any atom is -0.508 e. The number of aryl methyl sites for hydroxylation is 1. The van der Waals surface area contributed by atoms with Crippen molar-refractivity contribution in [2.45, 2.75) is 31.6 Å². The minimum atomic E-state index is -0.430. The van der Waals surface area contributed by atoms with E-state index in [9.17, 15) is 9.90 Å². The first kappa shape index (κ1) is 21.9. The largest absolute Gasteiger partial charge is 0.508 e. The third-order valence-corrected chi connectivity index (χ3v) is 6.67. The monoisotopic (exact) mass is 462 g/mol. The van der Waals surface area contributed by atoms with E-state index >= 15 is 0 Å². The highest BCUT2D eigenvalue weighted by Crippen LogP contribution is 2.53. The van der Waals surface area contributed by atoms with E-state index in [2.05, 4.69) is 10.5 Å². The molecule has 8 nitrogen and oxygen atoms in total. The summed E-state index contributed by atoms with van der Waals surface area (Å²) in [4.78, 5) is 13.7. The molecule has 0 saturated heterocycles. The number of hydrogen-bond acceptors (Lipinski definition) is 8. The van der Waals surface area contributed by atoms with Crippen LogP contribution >= 0.6 is 0 Å². The van der Waals surface area contributed by atoms with Gasteiger partial charge in [0.25, 0.3) is 0 Å². The van der Waals surface area contributed by atoms with Crippen LogP contribution in [-0.2, 0) is 4.79 Å². The predicted molar refractivity (Wildman–Crippen MR) is 125 cm³/mol. The van der Waals surface area contributed by atoms with Crippen LogP contribution in [0.4, 0.5) is 5.88 Å². The van der Waals surface area contributed by atoms with Crippen LogP contribution in [0.5, 0.6) is 23.0 Å². The van der Waals surface area contributed by atoms with Crippen LogP contribution < -0.4 is 19.5 Å². The van der Waals surface area contributed by atoms with E-state index < -0.39 is 5.92 Å². The molecule has 0 spiro atoms. The maximum atomic E-state index is 13.7. The average molecular weight is 463 g/mol. The molecule has 8 heteroatoms. The van der Waals surface area contributed by atoms with Crippen LogP contribution in [-0.4, -0.2) is 37.4 Å². The third kappa shape index (κ3) is 3.37. The average Bonchev–Trinajstić information content (AvgIpc) is 3.22. The smallest absolute Gasteiger partial charge is 0.233 e. The van der Waals surface area contributed by atoms with E-state index in [1.54, 1.807) is 33.5 Å². The van der Waals surface area contributed by atoms with Crippen LogP contribution in [0, 0.1) is 6.92 Å². The first-order valence-corrected chi connectivity index (χ1v) is 11.0. The summed E-state index contributed by atoms with van der Waals surface area (Å²) in [5.74, 6) is 1.82. The number of ketones is 1. The molecule has 2 heterocycles. The lowest BCUT2D eigenvalue weighted by molar-refractivity contribution is -0.116.